The highest BCUT2D eigenvalue weighted by molar-refractivity contribution is 7.99. The average molecular weight is 260 g/mol. The maximum absolute atomic E-state index is 4.93. The van der Waals surface area contributed by atoms with Crippen molar-refractivity contribution in [2.45, 2.75) is 56.0 Å². The highest BCUT2D eigenvalue weighted by Crippen LogP contribution is 2.33. The molecule has 0 saturated heterocycles. The Hall–Kier alpha value is -0.830. The van der Waals surface area contributed by atoms with Gasteiger partial charge in [-0.15, -0.1) is 11.8 Å². The molecular formula is C15H20N2S. The largest absolute Gasteiger partial charge is 0.253 e. The van der Waals surface area contributed by atoms with Gasteiger partial charge in [0.2, 0.25) is 0 Å². The van der Waals surface area contributed by atoms with Crippen LogP contribution in [0.4, 0.5) is 0 Å². The lowest BCUT2D eigenvalue weighted by Gasteiger charge is -2.27. The van der Waals surface area contributed by atoms with Crippen molar-refractivity contribution in [1.82, 2.24) is 0 Å². The Balaban J connectivity index is 1.91. The second kappa shape index (κ2) is 5.04. The second-order valence-corrected chi connectivity index (χ2v) is 6.43. The Kier molecular flexibility index (Phi) is 3.42. The first-order valence-corrected chi connectivity index (χ1v) is 8.03. The van der Waals surface area contributed by atoms with Crippen molar-refractivity contribution >= 4 is 11.8 Å². The fourth-order valence-electron chi connectivity index (χ4n) is 2.81. The lowest BCUT2D eigenvalue weighted by atomic mass is 9.90. The van der Waals surface area contributed by atoms with Crippen LogP contribution in [-0.4, -0.2) is 11.4 Å². The van der Waals surface area contributed by atoms with E-state index in [2.05, 4.69) is 25.1 Å². The van der Waals surface area contributed by atoms with Crippen LogP contribution in [0.1, 0.15) is 45.4 Å². The van der Waals surface area contributed by atoms with Crippen molar-refractivity contribution in [2.75, 3.05) is 5.75 Å². The minimum absolute atomic E-state index is 0.0887. The van der Waals surface area contributed by atoms with Crippen molar-refractivity contribution in [3.63, 3.8) is 0 Å². The zero-order valence-electron chi connectivity index (χ0n) is 11.0. The minimum atomic E-state index is -0.0887. The summed E-state index contributed by atoms with van der Waals surface area (Å²) in [7, 11) is 0. The van der Waals surface area contributed by atoms with Gasteiger partial charge in [0.05, 0.1) is 10.7 Å². The van der Waals surface area contributed by atoms with Gasteiger partial charge in [0.15, 0.2) is 5.66 Å². The Morgan fingerprint density at radius 3 is 2.67 bits per heavy atom. The minimum Gasteiger partial charge on any atom is -0.253 e. The molecule has 0 N–H and O–H groups in total. The number of nitrogens with zero attached hydrogens (tertiary/aromatic N) is 2. The molecule has 96 valence electrons. The molecule has 1 aromatic rings. The lowest BCUT2D eigenvalue weighted by molar-refractivity contribution is 0.309. The van der Waals surface area contributed by atoms with Crippen LogP contribution in [0.25, 0.3) is 0 Å². The van der Waals surface area contributed by atoms with Gasteiger partial charge in [-0.1, -0.05) is 13.3 Å². The molecule has 1 saturated carbocycles. The van der Waals surface area contributed by atoms with Crippen LogP contribution in [0.15, 0.2) is 33.1 Å². The van der Waals surface area contributed by atoms with Crippen LogP contribution in [0.3, 0.4) is 0 Å². The van der Waals surface area contributed by atoms with E-state index in [1.165, 1.54) is 36.3 Å². The molecule has 1 fully saturated rings. The monoisotopic (exact) mass is 260 g/mol. The number of thioether (sulfide) groups is 1. The van der Waals surface area contributed by atoms with E-state index in [1.807, 2.05) is 11.8 Å². The molecule has 3 rings (SSSR count). The predicted octanol–water partition coefficient (Wildman–Crippen LogP) is 3.10. The summed E-state index contributed by atoms with van der Waals surface area (Å²) in [6, 6.07) is 6.57. The standard InChI is InChI=1S/C15H20N2S/c1-2-10-18-12-6-7-13-14(11-12)17-15(16-13)8-4-3-5-9-15/h6-7,11H,2-5,8-10H2,1H3. The van der Waals surface area contributed by atoms with Gasteiger partial charge in [-0.05, 0) is 56.1 Å². The summed E-state index contributed by atoms with van der Waals surface area (Å²) in [6.45, 7) is 2.22. The van der Waals surface area contributed by atoms with Crippen LogP contribution in [0.5, 0.6) is 0 Å². The number of hydrogen-bond acceptors (Lipinski definition) is 3. The Labute approximate surface area is 113 Å². The molecule has 0 aromatic heterocycles. The Morgan fingerprint density at radius 1 is 1.11 bits per heavy atom. The fraction of sp³-hybridized carbons (Fsp3) is 0.600. The number of rotatable bonds is 3. The molecule has 1 aliphatic heterocycles. The second-order valence-electron chi connectivity index (χ2n) is 5.27. The van der Waals surface area contributed by atoms with E-state index >= 15 is 0 Å². The first-order valence-electron chi connectivity index (χ1n) is 7.04. The first kappa shape index (κ1) is 12.2. The summed E-state index contributed by atoms with van der Waals surface area (Å²) >= 11 is 1.92. The fourth-order valence-corrected chi connectivity index (χ4v) is 3.61. The van der Waals surface area contributed by atoms with E-state index in [0.29, 0.717) is 0 Å². The smallest absolute Gasteiger partial charge is 0.151 e. The van der Waals surface area contributed by atoms with E-state index in [-0.39, 0.29) is 5.66 Å². The quantitative estimate of drug-likeness (QED) is 0.766. The first-order chi connectivity index (χ1) is 8.81. The molecule has 2 nitrogen and oxygen atoms in total. The maximum atomic E-state index is 4.93. The zero-order valence-corrected chi connectivity index (χ0v) is 11.8. The molecule has 0 bridgehead atoms. The summed E-state index contributed by atoms with van der Waals surface area (Å²) in [4.78, 5) is 11.2. The molecule has 1 aromatic carbocycles. The van der Waals surface area contributed by atoms with E-state index in [0.717, 1.165) is 23.6 Å². The van der Waals surface area contributed by atoms with Crippen molar-refractivity contribution in [2.24, 2.45) is 9.98 Å². The normalized spacial score (nSPS) is 20.3. The van der Waals surface area contributed by atoms with Crippen LogP contribution in [0, 0.1) is 0 Å². The molecule has 0 radical (unpaired) electrons. The van der Waals surface area contributed by atoms with Crippen molar-refractivity contribution in [3.05, 3.63) is 28.9 Å². The van der Waals surface area contributed by atoms with Crippen LogP contribution < -0.4 is 10.7 Å². The van der Waals surface area contributed by atoms with Crippen molar-refractivity contribution in [1.29, 1.82) is 0 Å². The van der Waals surface area contributed by atoms with Gasteiger partial charge >= 0.3 is 0 Å². The van der Waals surface area contributed by atoms with Gasteiger partial charge in [-0.25, -0.2) is 0 Å². The summed E-state index contributed by atoms with van der Waals surface area (Å²) < 4.78 is 0. The molecule has 1 spiro atoms. The Morgan fingerprint density at radius 2 is 1.89 bits per heavy atom. The van der Waals surface area contributed by atoms with Crippen LogP contribution in [-0.2, 0) is 0 Å². The summed E-state index contributed by atoms with van der Waals surface area (Å²) in [6.07, 6.45) is 7.39. The van der Waals surface area contributed by atoms with Gasteiger partial charge in [-0.3, -0.25) is 9.98 Å². The third-order valence-electron chi connectivity index (χ3n) is 3.73. The van der Waals surface area contributed by atoms with Crippen LogP contribution >= 0.6 is 11.8 Å². The van der Waals surface area contributed by atoms with Crippen LogP contribution in [0.2, 0.25) is 0 Å². The van der Waals surface area contributed by atoms with Gasteiger partial charge in [0, 0.05) is 4.90 Å². The lowest BCUT2D eigenvalue weighted by Crippen LogP contribution is -2.25. The molecule has 0 amide bonds. The van der Waals surface area contributed by atoms with E-state index in [4.69, 9.17) is 9.98 Å². The number of hydrogen-bond donors (Lipinski definition) is 0. The summed E-state index contributed by atoms with van der Waals surface area (Å²) in [5.41, 5.74) is -0.0887. The van der Waals surface area contributed by atoms with Gasteiger partial charge in [-0.2, -0.15) is 0 Å². The molecule has 2 aliphatic rings. The topological polar surface area (TPSA) is 24.7 Å². The van der Waals surface area contributed by atoms with E-state index in [9.17, 15) is 0 Å². The number of fused-ring (bicyclic) bond motifs is 1. The van der Waals surface area contributed by atoms with E-state index in [1.54, 1.807) is 0 Å². The van der Waals surface area contributed by atoms with Crippen molar-refractivity contribution in [3.8, 4) is 0 Å². The highest BCUT2D eigenvalue weighted by atomic mass is 32.2. The van der Waals surface area contributed by atoms with E-state index < -0.39 is 0 Å². The molecule has 0 atom stereocenters. The molecule has 18 heavy (non-hydrogen) atoms. The Bertz CT molecular complexity index is 544. The van der Waals surface area contributed by atoms with Gasteiger partial charge in [0.25, 0.3) is 0 Å². The highest BCUT2D eigenvalue weighted by Gasteiger charge is 2.32. The maximum Gasteiger partial charge on any atom is 0.151 e. The third kappa shape index (κ3) is 2.33. The SMILES string of the molecule is CCCSc1ccc2c(c1)=NC1(CCCCC1)N=2. The summed E-state index contributed by atoms with van der Waals surface area (Å²) in [5.74, 6) is 1.18. The zero-order chi connectivity index (χ0) is 12.4. The average Bonchev–Trinajstić information content (AvgIpc) is 2.73. The molecule has 0 unspecified atom stereocenters. The van der Waals surface area contributed by atoms with Crippen molar-refractivity contribution < 1.29 is 0 Å². The number of benzene rings is 1. The molecule has 1 aliphatic carbocycles. The molecule has 1 heterocycles. The van der Waals surface area contributed by atoms with Gasteiger partial charge < -0.3 is 0 Å². The summed E-state index contributed by atoms with van der Waals surface area (Å²) in [5, 5.41) is 2.23. The molecular weight excluding hydrogens is 240 g/mol. The third-order valence-corrected chi connectivity index (χ3v) is 4.93. The van der Waals surface area contributed by atoms with Gasteiger partial charge in [0.1, 0.15) is 0 Å². The predicted molar refractivity (Wildman–Crippen MR) is 75.6 cm³/mol. The molecule has 3 heteroatoms.